The zero-order valence-corrected chi connectivity index (χ0v) is 15.9. The number of carbonyl (C=O) groups is 2. The predicted molar refractivity (Wildman–Crippen MR) is 105 cm³/mol. The normalized spacial score (nSPS) is 19.3. The van der Waals surface area contributed by atoms with E-state index in [0.29, 0.717) is 25.9 Å². The summed E-state index contributed by atoms with van der Waals surface area (Å²) in [6.45, 7) is 2.95. The van der Waals surface area contributed by atoms with Gasteiger partial charge in [0.25, 0.3) is 0 Å². The summed E-state index contributed by atoms with van der Waals surface area (Å²) in [4.78, 5) is 26.3. The summed E-state index contributed by atoms with van der Waals surface area (Å²) < 4.78 is 4.94. The van der Waals surface area contributed by atoms with E-state index in [4.69, 9.17) is 10.5 Å². The van der Waals surface area contributed by atoms with E-state index in [2.05, 4.69) is 31.2 Å². The molecule has 27 heavy (non-hydrogen) atoms. The Bertz CT molecular complexity index is 849. The van der Waals surface area contributed by atoms with Gasteiger partial charge in [0, 0.05) is 20.2 Å². The van der Waals surface area contributed by atoms with E-state index >= 15 is 0 Å². The van der Waals surface area contributed by atoms with Crippen molar-refractivity contribution in [2.24, 2.45) is 11.1 Å². The highest BCUT2D eigenvalue weighted by molar-refractivity contribution is 5.85. The smallest absolute Gasteiger partial charge is 0.248 e. The van der Waals surface area contributed by atoms with Crippen molar-refractivity contribution < 1.29 is 14.3 Å². The highest BCUT2D eigenvalue weighted by Crippen LogP contribution is 2.37. The maximum atomic E-state index is 12.4. The van der Waals surface area contributed by atoms with Crippen LogP contribution in [0, 0.1) is 12.3 Å². The molecule has 2 amide bonds. The zero-order valence-electron chi connectivity index (χ0n) is 15.9. The number of ether oxygens (including phenoxy) is 1. The van der Waals surface area contributed by atoms with Crippen LogP contribution in [0.3, 0.4) is 0 Å². The minimum Gasteiger partial charge on any atom is -0.375 e. The summed E-state index contributed by atoms with van der Waals surface area (Å²) in [7, 11) is 1.49. The van der Waals surface area contributed by atoms with Crippen molar-refractivity contribution >= 4 is 11.8 Å². The van der Waals surface area contributed by atoms with E-state index < -0.39 is 5.41 Å². The molecule has 142 valence electrons. The summed E-state index contributed by atoms with van der Waals surface area (Å²) in [6.07, 6.45) is 1.09. The third-order valence-electron chi connectivity index (χ3n) is 5.37. The fourth-order valence-electron chi connectivity index (χ4n) is 3.87. The number of likely N-dealkylation sites (tertiary alicyclic amines) is 1. The quantitative estimate of drug-likeness (QED) is 0.854. The summed E-state index contributed by atoms with van der Waals surface area (Å²) >= 11 is 0. The highest BCUT2D eigenvalue weighted by Gasteiger charge is 2.45. The topological polar surface area (TPSA) is 72.6 Å². The van der Waals surface area contributed by atoms with Gasteiger partial charge in [0.15, 0.2) is 0 Å². The molecule has 0 bridgehead atoms. The first-order valence-corrected chi connectivity index (χ1v) is 9.17. The molecule has 2 N–H and O–H groups in total. The van der Waals surface area contributed by atoms with Gasteiger partial charge in [-0.3, -0.25) is 9.59 Å². The lowest BCUT2D eigenvalue weighted by atomic mass is 9.78. The van der Waals surface area contributed by atoms with Gasteiger partial charge < -0.3 is 15.4 Å². The Morgan fingerprint density at radius 1 is 1.19 bits per heavy atom. The largest absolute Gasteiger partial charge is 0.375 e. The van der Waals surface area contributed by atoms with Gasteiger partial charge >= 0.3 is 0 Å². The van der Waals surface area contributed by atoms with Crippen LogP contribution in [0.2, 0.25) is 0 Å². The molecule has 5 heteroatoms. The van der Waals surface area contributed by atoms with Crippen LogP contribution in [0.1, 0.15) is 17.5 Å². The van der Waals surface area contributed by atoms with Crippen molar-refractivity contribution in [1.82, 2.24) is 4.90 Å². The molecule has 0 unspecified atom stereocenters. The maximum absolute atomic E-state index is 12.4. The second-order valence-corrected chi connectivity index (χ2v) is 7.35. The van der Waals surface area contributed by atoms with Gasteiger partial charge in [-0.2, -0.15) is 0 Å². The molecular formula is C22H26N2O3. The molecule has 5 nitrogen and oxygen atoms in total. The van der Waals surface area contributed by atoms with E-state index in [1.165, 1.54) is 12.7 Å². The molecule has 0 saturated carbocycles. The van der Waals surface area contributed by atoms with Crippen molar-refractivity contribution in [3.8, 4) is 11.1 Å². The number of hydrogen-bond donors (Lipinski definition) is 1. The van der Waals surface area contributed by atoms with Crippen LogP contribution in [0.4, 0.5) is 0 Å². The van der Waals surface area contributed by atoms with Crippen molar-refractivity contribution in [3.63, 3.8) is 0 Å². The molecule has 1 heterocycles. The number of amides is 2. The molecule has 1 atom stereocenters. The minimum absolute atomic E-state index is 0.0225. The Kier molecular flexibility index (Phi) is 5.61. The van der Waals surface area contributed by atoms with Gasteiger partial charge in [-0.1, -0.05) is 54.1 Å². The van der Waals surface area contributed by atoms with Crippen molar-refractivity contribution in [2.45, 2.75) is 19.8 Å². The third-order valence-corrected chi connectivity index (χ3v) is 5.37. The van der Waals surface area contributed by atoms with Gasteiger partial charge in [-0.15, -0.1) is 0 Å². The molecule has 0 aliphatic carbocycles. The molecular weight excluding hydrogens is 340 g/mol. The molecule has 2 aromatic rings. The second kappa shape index (κ2) is 7.92. The molecule has 3 rings (SSSR count). The number of hydrogen-bond acceptors (Lipinski definition) is 3. The number of nitrogens with two attached hydrogens (primary N) is 1. The van der Waals surface area contributed by atoms with Crippen molar-refractivity contribution in [3.05, 3.63) is 59.7 Å². The number of methoxy groups -OCH3 is 1. The Hall–Kier alpha value is -2.66. The van der Waals surface area contributed by atoms with Gasteiger partial charge in [0.1, 0.15) is 6.61 Å². The van der Waals surface area contributed by atoms with E-state index in [0.717, 1.165) is 16.7 Å². The first-order valence-electron chi connectivity index (χ1n) is 9.17. The van der Waals surface area contributed by atoms with Gasteiger partial charge in [-0.25, -0.2) is 0 Å². The van der Waals surface area contributed by atoms with Crippen LogP contribution >= 0.6 is 0 Å². The Balaban J connectivity index is 1.91. The highest BCUT2D eigenvalue weighted by atomic mass is 16.5. The van der Waals surface area contributed by atoms with Crippen LogP contribution in [0.15, 0.2) is 48.5 Å². The molecule has 1 fully saturated rings. The van der Waals surface area contributed by atoms with Gasteiger partial charge in [-0.05, 0) is 36.5 Å². The SMILES string of the molecule is COCC(=O)N1CC[C@](Cc2ccccc2-c2cccc(C)c2)(C(N)=O)C1. The molecule has 0 aromatic heterocycles. The standard InChI is InChI=1S/C22H26N2O3/c1-16-6-5-8-17(12-16)19-9-4-3-7-18(19)13-22(21(23)26)10-11-24(15-22)20(25)14-27-2/h3-9,12H,10-11,13-15H2,1-2H3,(H2,23,26)/t22-/m1/s1. The molecule has 1 aliphatic heterocycles. The van der Waals surface area contributed by atoms with E-state index in [1.807, 2.05) is 24.3 Å². The third kappa shape index (κ3) is 4.03. The molecule has 0 radical (unpaired) electrons. The Morgan fingerprint density at radius 3 is 2.67 bits per heavy atom. The minimum atomic E-state index is -0.747. The summed E-state index contributed by atoms with van der Waals surface area (Å²) in [6, 6.07) is 16.4. The first-order chi connectivity index (χ1) is 12.9. The van der Waals surface area contributed by atoms with Crippen LogP contribution in [-0.2, 0) is 20.7 Å². The van der Waals surface area contributed by atoms with Crippen LogP contribution in [0.5, 0.6) is 0 Å². The number of aryl methyl sites for hydroxylation is 1. The summed E-state index contributed by atoms with van der Waals surface area (Å²) in [5, 5.41) is 0. The number of rotatable bonds is 6. The van der Waals surface area contributed by atoms with E-state index in [9.17, 15) is 9.59 Å². The van der Waals surface area contributed by atoms with Gasteiger partial charge in [0.05, 0.1) is 5.41 Å². The first kappa shape index (κ1) is 19.1. The second-order valence-electron chi connectivity index (χ2n) is 7.35. The Morgan fingerprint density at radius 2 is 1.96 bits per heavy atom. The lowest BCUT2D eigenvalue weighted by Gasteiger charge is -2.27. The van der Waals surface area contributed by atoms with E-state index in [1.54, 1.807) is 4.90 Å². The monoisotopic (exact) mass is 366 g/mol. The molecule has 2 aromatic carbocycles. The van der Waals surface area contributed by atoms with Crippen LogP contribution < -0.4 is 5.73 Å². The summed E-state index contributed by atoms with van der Waals surface area (Å²) in [5.74, 6) is -0.457. The van der Waals surface area contributed by atoms with Gasteiger partial charge in [0.2, 0.25) is 11.8 Å². The number of benzene rings is 2. The summed E-state index contributed by atoms with van der Waals surface area (Å²) in [5.41, 5.74) is 9.55. The number of primary amides is 1. The van der Waals surface area contributed by atoms with Crippen LogP contribution in [0.25, 0.3) is 11.1 Å². The van der Waals surface area contributed by atoms with Crippen molar-refractivity contribution in [2.75, 3.05) is 26.8 Å². The van der Waals surface area contributed by atoms with Crippen LogP contribution in [-0.4, -0.2) is 43.5 Å². The number of nitrogens with zero attached hydrogens (tertiary/aromatic N) is 1. The molecule has 1 aliphatic rings. The fourth-order valence-corrected chi connectivity index (χ4v) is 3.87. The molecule has 0 spiro atoms. The average molecular weight is 366 g/mol. The Labute approximate surface area is 160 Å². The molecule has 1 saturated heterocycles. The van der Waals surface area contributed by atoms with E-state index in [-0.39, 0.29) is 18.4 Å². The van der Waals surface area contributed by atoms with Crippen molar-refractivity contribution in [1.29, 1.82) is 0 Å². The zero-order chi connectivity index (χ0) is 19.4. The number of carbonyl (C=O) groups excluding carboxylic acids is 2. The average Bonchev–Trinajstić information content (AvgIpc) is 3.08. The lowest BCUT2D eigenvalue weighted by Crippen LogP contribution is -2.43. The maximum Gasteiger partial charge on any atom is 0.248 e. The lowest BCUT2D eigenvalue weighted by molar-refractivity contribution is -0.135. The predicted octanol–water partition coefficient (Wildman–Crippen LogP) is 2.55. The fraction of sp³-hybridized carbons (Fsp3) is 0.364.